The summed E-state index contributed by atoms with van der Waals surface area (Å²) in [5.74, 6) is -0.849. The van der Waals surface area contributed by atoms with Crippen molar-refractivity contribution >= 4 is 6.29 Å². The largest absolute Gasteiger partial charge is 0.394 e. The molecule has 4 unspecified atom stereocenters. The number of carbonyl (C=O) groups excluding carboxylic acids is 1. The summed E-state index contributed by atoms with van der Waals surface area (Å²) in [6.45, 7) is 3.26. The van der Waals surface area contributed by atoms with Gasteiger partial charge in [0.05, 0.1) is 6.61 Å². The second kappa shape index (κ2) is 8.05. The van der Waals surface area contributed by atoms with Crippen molar-refractivity contribution in [3.05, 3.63) is 32.6 Å². The van der Waals surface area contributed by atoms with Gasteiger partial charge in [0.1, 0.15) is 24.6 Å². The summed E-state index contributed by atoms with van der Waals surface area (Å²) in [6, 6.07) is 0. The normalized spacial score (nSPS) is 29.0. The molecule has 0 amide bonds. The first-order valence-electron chi connectivity index (χ1n) is 9.26. The Balaban J connectivity index is 1.81. The molecule has 1 aromatic heterocycles. The van der Waals surface area contributed by atoms with Crippen LogP contribution in [0.25, 0.3) is 0 Å². The highest BCUT2D eigenvalue weighted by Gasteiger charge is 2.55. The van der Waals surface area contributed by atoms with Crippen LogP contribution in [-0.2, 0) is 25.4 Å². The van der Waals surface area contributed by atoms with Crippen LogP contribution in [0.15, 0.2) is 15.8 Å². The van der Waals surface area contributed by atoms with Crippen LogP contribution in [0.4, 0.5) is 0 Å². The van der Waals surface area contributed by atoms with E-state index in [2.05, 4.69) is 4.98 Å². The van der Waals surface area contributed by atoms with Crippen LogP contribution in [0, 0.1) is 0 Å². The Morgan fingerprint density at radius 1 is 1.22 bits per heavy atom. The number of H-pyrrole nitrogens is 1. The molecular formula is C18H26N2O7. The molecule has 2 N–H and O–H groups in total. The molecule has 150 valence electrons. The molecule has 3 heterocycles. The van der Waals surface area contributed by atoms with Crippen molar-refractivity contribution in [2.75, 3.05) is 6.61 Å². The minimum atomic E-state index is -0.849. The van der Waals surface area contributed by atoms with Gasteiger partial charge in [-0.1, -0.05) is 6.42 Å². The molecule has 4 atom stereocenters. The number of aromatic nitrogens is 2. The fraction of sp³-hybridized carbons (Fsp3) is 0.722. The minimum absolute atomic E-state index is 0.265. The van der Waals surface area contributed by atoms with E-state index in [1.54, 1.807) is 13.8 Å². The fourth-order valence-corrected chi connectivity index (χ4v) is 3.64. The van der Waals surface area contributed by atoms with Crippen molar-refractivity contribution in [3.8, 4) is 0 Å². The summed E-state index contributed by atoms with van der Waals surface area (Å²) in [6.07, 6.45) is 3.21. The van der Waals surface area contributed by atoms with E-state index in [0.717, 1.165) is 25.5 Å². The number of aryl methyl sites for hydroxylation is 1. The van der Waals surface area contributed by atoms with E-state index in [0.29, 0.717) is 18.4 Å². The van der Waals surface area contributed by atoms with Gasteiger partial charge in [0, 0.05) is 18.2 Å². The number of hydrogen-bond donors (Lipinski definition) is 2. The molecule has 0 aliphatic carbocycles. The second-order valence-corrected chi connectivity index (χ2v) is 7.40. The standard InChI is InChI=1S/C18H26N2O7/c1-18(2)26-13-12(10-22)25-16(14(13)27-18)20-9-11(15(23)19-17(20)24)7-5-3-4-6-8-21/h8-9,12-14,16,22H,3-7,10H2,1-2H3,(H,19,23,24). The highest BCUT2D eigenvalue weighted by atomic mass is 16.8. The lowest BCUT2D eigenvalue weighted by molar-refractivity contribution is -0.200. The number of carbonyl (C=O) groups is 1. The molecule has 2 saturated heterocycles. The minimum Gasteiger partial charge on any atom is -0.394 e. The third-order valence-corrected chi connectivity index (χ3v) is 4.89. The Labute approximate surface area is 156 Å². The van der Waals surface area contributed by atoms with Crippen LogP contribution >= 0.6 is 0 Å². The SMILES string of the molecule is CC1(C)OC2C(CO)OC(n3cc(CCCCCC=O)c(=O)[nH]c3=O)C2O1. The van der Waals surface area contributed by atoms with Crippen molar-refractivity contribution in [2.45, 2.75) is 76.3 Å². The van der Waals surface area contributed by atoms with Crippen LogP contribution in [0.2, 0.25) is 0 Å². The van der Waals surface area contributed by atoms with Gasteiger partial charge in [-0.3, -0.25) is 14.3 Å². The number of hydrogen-bond acceptors (Lipinski definition) is 7. The van der Waals surface area contributed by atoms with Crippen LogP contribution in [-0.4, -0.2) is 51.6 Å². The second-order valence-electron chi connectivity index (χ2n) is 7.40. The van der Waals surface area contributed by atoms with Gasteiger partial charge < -0.3 is 24.1 Å². The summed E-state index contributed by atoms with van der Waals surface area (Å²) in [5.41, 5.74) is -0.560. The number of aromatic amines is 1. The van der Waals surface area contributed by atoms with E-state index in [9.17, 15) is 19.5 Å². The number of nitrogens with one attached hydrogen (secondary N) is 1. The van der Waals surface area contributed by atoms with Gasteiger partial charge in [-0.2, -0.15) is 0 Å². The molecule has 0 radical (unpaired) electrons. The van der Waals surface area contributed by atoms with E-state index in [1.165, 1.54) is 10.8 Å². The Kier molecular flexibility index (Phi) is 5.95. The Morgan fingerprint density at radius 3 is 2.67 bits per heavy atom. The number of unbranched alkanes of at least 4 members (excludes halogenated alkanes) is 3. The monoisotopic (exact) mass is 382 g/mol. The molecule has 2 fully saturated rings. The van der Waals surface area contributed by atoms with Crippen molar-refractivity contribution in [1.82, 2.24) is 9.55 Å². The number of ether oxygens (including phenoxy) is 3. The predicted molar refractivity (Wildman–Crippen MR) is 94.4 cm³/mol. The van der Waals surface area contributed by atoms with Gasteiger partial charge in [-0.05, 0) is 33.1 Å². The molecule has 9 heteroatoms. The Bertz CT molecular complexity index is 785. The highest BCUT2D eigenvalue weighted by molar-refractivity contribution is 5.48. The molecule has 1 aromatic rings. The maximum absolute atomic E-state index is 12.4. The van der Waals surface area contributed by atoms with Crippen LogP contribution in [0.5, 0.6) is 0 Å². The van der Waals surface area contributed by atoms with Gasteiger partial charge in [-0.15, -0.1) is 0 Å². The lowest BCUT2D eigenvalue weighted by Crippen LogP contribution is -2.38. The molecule has 9 nitrogen and oxygen atoms in total. The number of fused-ring (bicyclic) bond motifs is 1. The lowest BCUT2D eigenvalue weighted by Gasteiger charge is -2.24. The van der Waals surface area contributed by atoms with E-state index >= 15 is 0 Å². The third kappa shape index (κ3) is 4.21. The number of aliphatic hydroxyl groups is 1. The zero-order valence-electron chi connectivity index (χ0n) is 15.6. The summed E-state index contributed by atoms with van der Waals surface area (Å²) >= 11 is 0. The topological polar surface area (TPSA) is 120 Å². The number of aliphatic hydroxyl groups excluding tert-OH is 1. The molecule has 0 aromatic carbocycles. The summed E-state index contributed by atoms with van der Waals surface area (Å²) in [5, 5.41) is 9.57. The quantitative estimate of drug-likeness (QED) is 0.488. The number of rotatable bonds is 8. The molecule has 2 aliphatic heterocycles. The van der Waals surface area contributed by atoms with Crippen molar-refractivity contribution in [3.63, 3.8) is 0 Å². The van der Waals surface area contributed by atoms with Crippen LogP contribution in [0.3, 0.4) is 0 Å². The lowest BCUT2D eigenvalue weighted by atomic mass is 10.1. The van der Waals surface area contributed by atoms with E-state index in [-0.39, 0.29) is 6.61 Å². The smallest absolute Gasteiger partial charge is 0.330 e. The molecule has 3 rings (SSSR count). The van der Waals surface area contributed by atoms with Gasteiger partial charge >= 0.3 is 5.69 Å². The molecule has 0 spiro atoms. The number of nitrogens with zero attached hydrogens (tertiary/aromatic N) is 1. The van der Waals surface area contributed by atoms with Crippen LogP contribution in [0.1, 0.15) is 51.3 Å². The first-order chi connectivity index (χ1) is 12.9. The maximum atomic E-state index is 12.4. The van der Waals surface area contributed by atoms with E-state index < -0.39 is 41.6 Å². The predicted octanol–water partition coefficient (Wildman–Crippen LogP) is 0.248. The third-order valence-electron chi connectivity index (χ3n) is 4.89. The average Bonchev–Trinajstić information content (AvgIpc) is 3.09. The molecular weight excluding hydrogens is 356 g/mol. The maximum Gasteiger partial charge on any atom is 0.330 e. The average molecular weight is 382 g/mol. The number of aldehydes is 1. The van der Waals surface area contributed by atoms with Crippen molar-refractivity contribution in [1.29, 1.82) is 0 Å². The first kappa shape index (κ1) is 19.9. The molecule has 0 bridgehead atoms. The Hall–Kier alpha value is -1.81. The summed E-state index contributed by atoms with van der Waals surface area (Å²) in [7, 11) is 0. The molecule has 0 saturated carbocycles. The zero-order chi connectivity index (χ0) is 19.6. The fourth-order valence-electron chi connectivity index (χ4n) is 3.64. The highest BCUT2D eigenvalue weighted by Crippen LogP contribution is 2.42. The van der Waals surface area contributed by atoms with Gasteiger partial charge in [-0.25, -0.2) is 4.79 Å². The van der Waals surface area contributed by atoms with Gasteiger partial charge in [0.25, 0.3) is 5.56 Å². The first-order valence-corrected chi connectivity index (χ1v) is 9.26. The van der Waals surface area contributed by atoms with Gasteiger partial charge in [0.15, 0.2) is 12.0 Å². The van der Waals surface area contributed by atoms with Gasteiger partial charge in [0.2, 0.25) is 0 Å². The summed E-state index contributed by atoms with van der Waals surface area (Å²) < 4.78 is 18.8. The summed E-state index contributed by atoms with van der Waals surface area (Å²) in [4.78, 5) is 37.2. The zero-order valence-corrected chi connectivity index (χ0v) is 15.6. The van der Waals surface area contributed by atoms with E-state index in [4.69, 9.17) is 14.2 Å². The van der Waals surface area contributed by atoms with Crippen molar-refractivity contribution < 1.29 is 24.1 Å². The Morgan fingerprint density at radius 2 is 1.96 bits per heavy atom. The molecule has 2 aliphatic rings. The van der Waals surface area contributed by atoms with E-state index in [1.807, 2.05) is 0 Å². The van der Waals surface area contributed by atoms with Crippen molar-refractivity contribution in [2.24, 2.45) is 0 Å². The van der Waals surface area contributed by atoms with Crippen LogP contribution < -0.4 is 11.2 Å². The molecule has 27 heavy (non-hydrogen) atoms.